The molecular formula is C17H17FN2O2S. The normalized spacial score (nSPS) is 19.3. The summed E-state index contributed by atoms with van der Waals surface area (Å²) >= 11 is 1.71. The molecule has 0 spiro atoms. The van der Waals surface area contributed by atoms with Gasteiger partial charge >= 0.3 is 0 Å². The van der Waals surface area contributed by atoms with Crippen molar-refractivity contribution in [1.29, 1.82) is 0 Å². The Balaban J connectivity index is 1.68. The van der Waals surface area contributed by atoms with Crippen molar-refractivity contribution in [3.63, 3.8) is 0 Å². The van der Waals surface area contributed by atoms with Crippen LogP contribution >= 0.6 is 11.3 Å². The molecule has 0 aliphatic heterocycles. The van der Waals surface area contributed by atoms with E-state index in [1.54, 1.807) is 11.3 Å². The molecular weight excluding hydrogens is 315 g/mol. The quantitative estimate of drug-likeness (QED) is 0.902. The third kappa shape index (κ3) is 3.27. The molecule has 2 amide bonds. The predicted octanol–water partition coefficient (Wildman–Crippen LogP) is 3.30. The number of carbonyl (C=O) groups is 2. The van der Waals surface area contributed by atoms with Gasteiger partial charge in [-0.2, -0.15) is 0 Å². The maximum atomic E-state index is 13.6. The molecule has 2 aromatic rings. The van der Waals surface area contributed by atoms with Gasteiger partial charge in [0.25, 0.3) is 5.91 Å². The summed E-state index contributed by atoms with van der Waals surface area (Å²) in [4.78, 5) is 26.4. The Morgan fingerprint density at radius 1 is 1.26 bits per heavy atom. The van der Waals surface area contributed by atoms with Gasteiger partial charge in [-0.25, -0.2) is 4.39 Å². The number of anilines is 1. The predicted molar refractivity (Wildman–Crippen MR) is 88.3 cm³/mol. The minimum atomic E-state index is -0.610. The first-order valence-electron chi connectivity index (χ1n) is 7.38. The second kappa shape index (κ2) is 6.12. The van der Waals surface area contributed by atoms with E-state index >= 15 is 0 Å². The zero-order chi connectivity index (χ0) is 16.6. The summed E-state index contributed by atoms with van der Waals surface area (Å²) in [6, 6.07) is 8.14. The average Bonchev–Trinajstić information content (AvgIpc) is 3.23. The van der Waals surface area contributed by atoms with Crippen molar-refractivity contribution in [3.05, 3.63) is 51.5 Å². The first-order valence-corrected chi connectivity index (χ1v) is 8.20. The van der Waals surface area contributed by atoms with E-state index in [2.05, 4.69) is 22.8 Å². The van der Waals surface area contributed by atoms with Gasteiger partial charge in [0.2, 0.25) is 5.91 Å². The molecule has 1 aromatic carbocycles. The second-order valence-electron chi connectivity index (χ2n) is 5.66. The van der Waals surface area contributed by atoms with Crippen LogP contribution in [0, 0.1) is 18.7 Å². The molecule has 23 heavy (non-hydrogen) atoms. The minimum Gasteiger partial charge on any atom is -0.355 e. The number of rotatable bonds is 4. The van der Waals surface area contributed by atoms with Crippen molar-refractivity contribution in [2.75, 3.05) is 12.4 Å². The van der Waals surface area contributed by atoms with Crippen molar-refractivity contribution < 1.29 is 14.0 Å². The molecule has 1 saturated carbocycles. The third-order valence-corrected chi connectivity index (χ3v) is 5.09. The maximum Gasteiger partial charge on any atom is 0.254 e. The van der Waals surface area contributed by atoms with Crippen LogP contribution in [0.1, 0.15) is 32.5 Å². The number of nitrogens with one attached hydrogen (secondary N) is 2. The second-order valence-corrected chi connectivity index (χ2v) is 6.98. The van der Waals surface area contributed by atoms with E-state index in [1.807, 2.05) is 6.92 Å². The number of halogens is 1. The minimum absolute atomic E-state index is 0.0541. The van der Waals surface area contributed by atoms with Crippen LogP contribution in [-0.2, 0) is 4.79 Å². The van der Waals surface area contributed by atoms with Crippen molar-refractivity contribution >= 4 is 28.8 Å². The molecule has 2 atom stereocenters. The van der Waals surface area contributed by atoms with Crippen LogP contribution in [0.15, 0.2) is 30.3 Å². The van der Waals surface area contributed by atoms with Gasteiger partial charge in [0.05, 0.1) is 5.56 Å². The maximum absolute atomic E-state index is 13.6. The lowest BCUT2D eigenvalue weighted by Gasteiger charge is -2.08. The van der Waals surface area contributed by atoms with E-state index in [0.29, 0.717) is 5.69 Å². The van der Waals surface area contributed by atoms with Crippen molar-refractivity contribution in [2.24, 2.45) is 5.92 Å². The Morgan fingerprint density at radius 2 is 2.04 bits per heavy atom. The Bertz CT molecular complexity index is 772. The largest absolute Gasteiger partial charge is 0.355 e. The fourth-order valence-electron chi connectivity index (χ4n) is 2.60. The van der Waals surface area contributed by atoms with Gasteiger partial charge in [0.1, 0.15) is 5.82 Å². The van der Waals surface area contributed by atoms with E-state index in [4.69, 9.17) is 0 Å². The highest BCUT2D eigenvalue weighted by Gasteiger charge is 2.44. The molecule has 0 radical (unpaired) electrons. The molecule has 1 aromatic heterocycles. The van der Waals surface area contributed by atoms with Gasteiger partial charge in [-0.1, -0.05) is 0 Å². The molecule has 2 N–H and O–H groups in total. The molecule has 120 valence electrons. The number of carbonyl (C=O) groups excluding carboxylic acids is 2. The summed E-state index contributed by atoms with van der Waals surface area (Å²) in [7, 11) is 1.44. The van der Waals surface area contributed by atoms with Crippen LogP contribution in [0.4, 0.5) is 10.1 Å². The molecule has 3 rings (SSSR count). The fraction of sp³-hybridized carbons (Fsp3) is 0.294. The lowest BCUT2D eigenvalue weighted by molar-refractivity contribution is -0.117. The molecule has 1 fully saturated rings. The monoisotopic (exact) mass is 332 g/mol. The summed E-state index contributed by atoms with van der Waals surface area (Å²) in [6.07, 6.45) is 0.829. The SMILES string of the molecule is CNC(=O)c1cc(NC(=O)[C@H]2C[C@@H]2c2ccc(C)s2)ccc1F. The summed E-state index contributed by atoms with van der Waals surface area (Å²) in [5.74, 6) is -0.998. The molecule has 0 saturated heterocycles. The number of benzene rings is 1. The van der Waals surface area contributed by atoms with E-state index < -0.39 is 11.7 Å². The van der Waals surface area contributed by atoms with Gasteiger partial charge in [-0.3, -0.25) is 9.59 Å². The van der Waals surface area contributed by atoms with Gasteiger partial charge in [0.15, 0.2) is 0 Å². The number of aryl methyl sites for hydroxylation is 1. The molecule has 6 heteroatoms. The zero-order valence-corrected chi connectivity index (χ0v) is 13.7. The van der Waals surface area contributed by atoms with Crippen LogP contribution in [0.3, 0.4) is 0 Å². The van der Waals surface area contributed by atoms with E-state index in [-0.39, 0.29) is 23.3 Å². The van der Waals surface area contributed by atoms with Crippen LogP contribution in [0.2, 0.25) is 0 Å². The molecule has 4 nitrogen and oxygen atoms in total. The number of thiophene rings is 1. The zero-order valence-electron chi connectivity index (χ0n) is 12.9. The molecule has 1 aliphatic carbocycles. The van der Waals surface area contributed by atoms with Crippen LogP contribution < -0.4 is 10.6 Å². The molecule has 0 bridgehead atoms. The Labute approximate surface area is 137 Å². The Hall–Kier alpha value is -2.21. The lowest BCUT2D eigenvalue weighted by atomic mass is 10.1. The fourth-order valence-corrected chi connectivity index (χ4v) is 3.65. The summed E-state index contributed by atoms with van der Waals surface area (Å²) in [5.41, 5.74) is 0.356. The number of hydrogen-bond acceptors (Lipinski definition) is 3. The van der Waals surface area contributed by atoms with E-state index in [0.717, 1.165) is 6.42 Å². The smallest absolute Gasteiger partial charge is 0.254 e. The Kier molecular flexibility index (Phi) is 4.17. The highest BCUT2D eigenvalue weighted by molar-refractivity contribution is 7.12. The van der Waals surface area contributed by atoms with E-state index in [1.165, 1.54) is 35.0 Å². The van der Waals surface area contributed by atoms with Crippen LogP contribution in [-0.4, -0.2) is 18.9 Å². The lowest BCUT2D eigenvalue weighted by Crippen LogP contribution is -2.20. The molecule has 0 unspecified atom stereocenters. The highest BCUT2D eigenvalue weighted by atomic mass is 32.1. The van der Waals surface area contributed by atoms with Crippen LogP contribution in [0.5, 0.6) is 0 Å². The number of amides is 2. The average molecular weight is 332 g/mol. The van der Waals surface area contributed by atoms with Gasteiger partial charge in [-0.05, 0) is 43.7 Å². The molecule has 1 heterocycles. The summed E-state index contributed by atoms with van der Waals surface area (Å²) < 4.78 is 13.6. The highest BCUT2D eigenvalue weighted by Crippen LogP contribution is 2.50. The van der Waals surface area contributed by atoms with Gasteiger partial charge in [-0.15, -0.1) is 11.3 Å². The van der Waals surface area contributed by atoms with Crippen molar-refractivity contribution in [2.45, 2.75) is 19.3 Å². The Morgan fingerprint density at radius 3 is 2.70 bits per heavy atom. The van der Waals surface area contributed by atoms with E-state index in [9.17, 15) is 14.0 Å². The summed E-state index contributed by atoms with van der Waals surface area (Å²) in [6.45, 7) is 2.05. The third-order valence-electron chi connectivity index (χ3n) is 3.96. The first-order chi connectivity index (χ1) is 11.0. The standard InChI is InChI=1S/C17H17FN2O2S/c1-9-3-6-15(23-9)11-8-12(11)17(22)20-10-4-5-14(18)13(7-10)16(21)19-2/h3-7,11-12H,8H2,1-2H3,(H,19,21)(H,20,22)/t11-,12-/m0/s1. The van der Waals surface area contributed by atoms with Crippen molar-refractivity contribution in [1.82, 2.24) is 5.32 Å². The number of hydrogen-bond donors (Lipinski definition) is 2. The molecule has 1 aliphatic rings. The summed E-state index contributed by atoms with van der Waals surface area (Å²) in [5, 5.41) is 5.15. The first kappa shape index (κ1) is 15.7. The topological polar surface area (TPSA) is 58.2 Å². The van der Waals surface area contributed by atoms with Crippen molar-refractivity contribution in [3.8, 4) is 0 Å². The van der Waals surface area contributed by atoms with Crippen LogP contribution in [0.25, 0.3) is 0 Å². The van der Waals surface area contributed by atoms with Gasteiger partial charge < -0.3 is 10.6 Å². The van der Waals surface area contributed by atoms with Gasteiger partial charge in [0, 0.05) is 34.3 Å².